The first-order valence-corrected chi connectivity index (χ1v) is 7.78. The van der Waals surface area contributed by atoms with E-state index in [1.54, 1.807) is 24.3 Å². The van der Waals surface area contributed by atoms with Gasteiger partial charge in [-0.1, -0.05) is 24.3 Å². The lowest BCUT2D eigenvalue weighted by atomic mass is 10.1. The lowest BCUT2D eigenvalue weighted by molar-refractivity contribution is 0.0697. The fourth-order valence-corrected chi connectivity index (χ4v) is 2.03. The first-order valence-electron chi connectivity index (χ1n) is 7.78. The lowest BCUT2D eigenvalue weighted by Gasteiger charge is -2.12. The normalized spacial score (nSPS) is 9.96. The van der Waals surface area contributed by atoms with E-state index >= 15 is 0 Å². The van der Waals surface area contributed by atoms with Crippen molar-refractivity contribution in [3.05, 3.63) is 59.7 Å². The van der Waals surface area contributed by atoms with Crippen LogP contribution in [0, 0.1) is 0 Å². The Morgan fingerprint density at radius 1 is 0.960 bits per heavy atom. The third kappa shape index (κ3) is 5.72. The molecule has 0 fully saturated rings. The minimum atomic E-state index is -0.985. The average molecular weight is 344 g/mol. The Bertz CT molecular complexity index is 716. The number of carbonyl (C=O) groups is 2. The molecule has 7 nitrogen and oxygen atoms in total. The van der Waals surface area contributed by atoms with Gasteiger partial charge in [0.2, 0.25) is 0 Å². The molecule has 2 aromatic rings. The Labute approximate surface area is 145 Å². The van der Waals surface area contributed by atoms with Crippen molar-refractivity contribution in [2.24, 2.45) is 0 Å². The molecule has 0 atom stereocenters. The SMILES string of the molecule is CCOc1ccccc1OCNC(=O)NCc1ccc(C(=O)O)cc1. The number of para-hydroxylation sites is 2. The van der Waals surface area contributed by atoms with Gasteiger partial charge in [0, 0.05) is 6.54 Å². The highest BCUT2D eigenvalue weighted by Crippen LogP contribution is 2.25. The van der Waals surface area contributed by atoms with Gasteiger partial charge in [0.05, 0.1) is 12.2 Å². The first-order chi connectivity index (χ1) is 12.1. The third-order valence-corrected chi connectivity index (χ3v) is 3.26. The summed E-state index contributed by atoms with van der Waals surface area (Å²) in [5.41, 5.74) is 0.998. The van der Waals surface area contributed by atoms with Crippen molar-refractivity contribution in [1.29, 1.82) is 0 Å². The van der Waals surface area contributed by atoms with Crippen LogP contribution in [0.15, 0.2) is 48.5 Å². The van der Waals surface area contributed by atoms with Crippen molar-refractivity contribution in [2.45, 2.75) is 13.5 Å². The topological polar surface area (TPSA) is 96.9 Å². The molecule has 2 aromatic carbocycles. The quantitative estimate of drug-likeness (QED) is 0.640. The second-order valence-electron chi connectivity index (χ2n) is 5.03. The molecule has 7 heteroatoms. The summed E-state index contributed by atoms with van der Waals surface area (Å²) in [7, 11) is 0. The minimum Gasteiger partial charge on any atom is -0.490 e. The molecule has 0 aliphatic heterocycles. The van der Waals surface area contributed by atoms with Crippen molar-refractivity contribution >= 4 is 12.0 Å². The zero-order valence-corrected chi connectivity index (χ0v) is 13.8. The van der Waals surface area contributed by atoms with Gasteiger partial charge in [-0.3, -0.25) is 0 Å². The van der Waals surface area contributed by atoms with E-state index in [0.29, 0.717) is 18.1 Å². The average Bonchev–Trinajstić information content (AvgIpc) is 2.62. The van der Waals surface area contributed by atoms with Crippen LogP contribution in [0.25, 0.3) is 0 Å². The molecular formula is C18H20N2O5. The summed E-state index contributed by atoms with van der Waals surface area (Å²) in [6.45, 7) is 2.68. The largest absolute Gasteiger partial charge is 0.490 e. The van der Waals surface area contributed by atoms with Gasteiger partial charge < -0.3 is 25.2 Å². The number of carboxylic acid groups (broad SMARTS) is 1. The standard InChI is InChI=1S/C18H20N2O5/c1-2-24-15-5-3-4-6-16(15)25-12-20-18(23)19-11-13-7-9-14(10-8-13)17(21)22/h3-10H,2,11-12H2,1H3,(H,21,22)(H2,19,20,23). The summed E-state index contributed by atoms with van der Waals surface area (Å²) in [4.78, 5) is 22.5. The van der Waals surface area contributed by atoms with Crippen molar-refractivity contribution in [3.63, 3.8) is 0 Å². The Morgan fingerprint density at radius 3 is 2.20 bits per heavy atom. The van der Waals surface area contributed by atoms with Gasteiger partial charge in [-0.15, -0.1) is 0 Å². The summed E-state index contributed by atoms with van der Waals surface area (Å²) in [5, 5.41) is 14.1. The van der Waals surface area contributed by atoms with Gasteiger partial charge in [-0.2, -0.15) is 0 Å². The monoisotopic (exact) mass is 344 g/mol. The van der Waals surface area contributed by atoms with Crippen molar-refractivity contribution < 1.29 is 24.2 Å². The maximum atomic E-state index is 11.8. The number of hydrogen-bond donors (Lipinski definition) is 3. The number of urea groups is 1. The van der Waals surface area contributed by atoms with Crippen LogP contribution in [0.5, 0.6) is 11.5 Å². The minimum absolute atomic E-state index is 0.00608. The summed E-state index contributed by atoms with van der Waals surface area (Å²) < 4.78 is 10.9. The van der Waals surface area contributed by atoms with E-state index in [0.717, 1.165) is 5.56 Å². The summed E-state index contributed by atoms with van der Waals surface area (Å²) in [5.74, 6) is 0.182. The van der Waals surface area contributed by atoms with Gasteiger partial charge >= 0.3 is 12.0 Å². The molecule has 0 saturated heterocycles. The zero-order chi connectivity index (χ0) is 18.1. The van der Waals surface area contributed by atoms with Crippen LogP contribution >= 0.6 is 0 Å². The Balaban J connectivity index is 1.75. The van der Waals surface area contributed by atoms with Crippen LogP contribution in [-0.2, 0) is 6.54 Å². The third-order valence-electron chi connectivity index (χ3n) is 3.26. The van der Waals surface area contributed by atoms with E-state index in [9.17, 15) is 9.59 Å². The highest BCUT2D eigenvalue weighted by atomic mass is 16.5. The van der Waals surface area contributed by atoms with Crippen LogP contribution in [0.3, 0.4) is 0 Å². The van der Waals surface area contributed by atoms with E-state index in [-0.39, 0.29) is 18.8 Å². The number of amides is 2. The molecule has 0 spiro atoms. The molecule has 0 aliphatic rings. The van der Waals surface area contributed by atoms with Gasteiger partial charge in [0.1, 0.15) is 0 Å². The molecule has 0 aliphatic carbocycles. The number of carboxylic acids is 1. The number of aromatic carboxylic acids is 1. The highest BCUT2D eigenvalue weighted by molar-refractivity contribution is 5.87. The van der Waals surface area contributed by atoms with Crippen LogP contribution in [0.2, 0.25) is 0 Å². The van der Waals surface area contributed by atoms with E-state index in [1.165, 1.54) is 12.1 Å². The summed E-state index contributed by atoms with van der Waals surface area (Å²) >= 11 is 0. The van der Waals surface area contributed by atoms with Gasteiger partial charge in [0.25, 0.3) is 0 Å². The first kappa shape index (κ1) is 18.1. The number of ether oxygens (including phenoxy) is 2. The van der Waals surface area contributed by atoms with Gasteiger partial charge in [-0.25, -0.2) is 9.59 Å². The Hall–Kier alpha value is -3.22. The molecule has 0 aromatic heterocycles. The highest BCUT2D eigenvalue weighted by Gasteiger charge is 2.06. The molecule has 25 heavy (non-hydrogen) atoms. The molecule has 0 saturated carbocycles. The molecule has 0 radical (unpaired) electrons. The molecule has 2 amide bonds. The lowest BCUT2D eigenvalue weighted by Crippen LogP contribution is -2.37. The number of carbonyl (C=O) groups excluding carboxylic acids is 1. The molecule has 0 bridgehead atoms. The zero-order valence-electron chi connectivity index (χ0n) is 13.8. The maximum Gasteiger partial charge on any atom is 0.335 e. The number of hydrogen-bond acceptors (Lipinski definition) is 4. The molecule has 2 rings (SSSR count). The number of nitrogens with one attached hydrogen (secondary N) is 2. The van der Waals surface area contributed by atoms with Crippen molar-refractivity contribution in [3.8, 4) is 11.5 Å². The van der Waals surface area contributed by atoms with Crippen LogP contribution in [-0.4, -0.2) is 30.4 Å². The van der Waals surface area contributed by atoms with Crippen molar-refractivity contribution in [2.75, 3.05) is 13.3 Å². The maximum absolute atomic E-state index is 11.8. The fourth-order valence-electron chi connectivity index (χ4n) is 2.03. The Kier molecular flexibility index (Phi) is 6.65. The summed E-state index contributed by atoms with van der Waals surface area (Å²) in [6.07, 6.45) is 0. The fraction of sp³-hybridized carbons (Fsp3) is 0.222. The number of rotatable bonds is 8. The Morgan fingerprint density at radius 2 is 1.60 bits per heavy atom. The van der Waals surface area contributed by atoms with Gasteiger partial charge in [-0.05, 0) is 36.8 Å². The smallest absolute Gasteiger partial charge is 0.335 e. The molecule has 0 heterocycles. The second kappa shape index (κ2) is 9.17. The van der Waals surface area contributed by atoms with E-state index in [2.05, 4.69) is 10.6 Å². The summed E-state index contributed by atoms with van der Waals surface area (Å²) in [6, 6.07) is 13.1. The second-order valence-corrected chi connectivity index (χ2v) is 5.03. The van der Waals surface area contributed by atoms with Crippen LogP contribution < -0.4 is 20.1 Å². The number of benzene rings is 2. The molecular weight excluding hydrogens is 324 g/mol. The van der Waals surface area contributed by atoms with Crippen LogP contribution in [0.4, 0.5) is 4.79 Å². The van der Waals surface area contributed by atoms with E-state index in [4.69, 9.17) is 14.6 Å². The molecule has 0 unspecified atom stereocenters. The van der Waals surface area contributed by atoms with E-state index in [1.807, 2.05) is 19.1 Å². The van der Waals surface area contributed by atoms with Crippen molar-refractivity contribution in [1.82, 2.24) is 10.6 Å². The molecule has 132 valence electrons. The predicted octanol–water partition coefficient (Wildman–Crippen LogP) is 2.62. The van der Waals surface area contributed by atoms with Crippen LogP contribution in [0.1, 0.15) is 22.8 Å². The van der Waals surface area contributed by atoms with E-state index < -0.39 is 12.0 Å². The van der Waals surface area contributed by atoms with Gasteiger partial charge in [0.15, 0.2) is 18.2 Å². The predicted molar refractivity (Wildman–Crippen MR) is 91.9 cm³/mol. The molecule has 3 N–H and O–H groups in total.